The molecule has 0 fully saturated rings. The predicted octanol–water partition coefficient (Wildman–Crippen LogP) is 5.04. The number of nitrogens with zero attached hydrogens (tertiary/aromatic N) is 1. The Hall–Kier alpha value is -1.62. The maximum Gasteiger partial charge on any atom is 0.161 e. The number of hydrogen-bond acceptors (Lipinski definition) is 4. The molecule has 22 heavy (non-hydrogen) atoms. The topological polar surface area (TPSA) is 51.0 Å². The summed E-state index contributed by atoms with van der Waals surface area (Å²) in [7, 11) is 1.52. The number of ether oxygens (including phenoxy) is 2. The zero-order valence-electron chi connectivity index (χ0n) is 11.5. The second kappa shape index (κ2) is 7.58. The smallest absolute Gasteiger partial charge is 0.161 e. The Morgan fingerprint density at radius 1 is 1.09 bits per heavy atom. The first kappa shape index (κ1) is 16.7. The molecule has 0 amide bonds. The lowest BCUT2D eigenvalue weighted by atomic mass is 10.2. The number of halogens is 3. The van der Waals surface area contributed by atoms with Crippen molar-refractivity contribution in [3.8, 4) is 11.5 Å². The first-order chi connectivity index (χ1) is 10.6. The van der Waals surface area contributed by atoms with E-state index in [1.165, 1.54) is 13.3 Å². The van der Waals surface area contributed by atoms with Crippen molar-refractivity contribution in [3.63, 3.8) is 0 Å². The third kappa shape index (κ3) is 3.77. The first-order valence-corrected chi connectivity index (χ1v) is 7.31. The highest BCUT2D eigenvalue weighted by molar-refractivity contribution is 6.44. The molecule has 2 aromatic carbocycles. The molecule has 2 aromatic rings. The Morgan fingerprint density at radius 3 is 2.50 bits per heavy atom. The zero-order valence-corrected chi connectivity index (χ0v) is 13.8. The van der Waals surface area contributed by atoms with Gasteiger partial charge in [-0.3, -0.25) is 0 Å². The summed E-state index contributed by atoms with van der Waals surface area (Å²) in [4.78, 5) is 0. The van der Waals surface area contributed by atoms with Crippen molar-refractivity contribution < 1.29 is 14.7 Å². The Kier molecular flexibility index (Phi) is 5.77. The summed E-state index contributed by atoms with van der Waals surface area (Å²) in [6, 6.07) is 8.38. The van der Waals surface area contributed by atoms with Crippen LogP contribution in [0.2, 0.25) is 15.1 Å². The van der Waals surface area contributed by atoms with E-state index in [0.29, 0.717) is 37.7 Å². The molecule has 116 valence electrons. The van der Waals surface area contributed by atoms with Crippen molar-refractivity contribution >= 4 is 41.0 Å². The normalized spacial score (nSPS) is 10.9. The Labute approximate surface area is 142 Å². The number of rotatable bonds is 5. The SMILES string of the molecule is COc1cc(C=NO)ccc1OCc1c(Cl)ccc(Cl)c1Cl. The molecule has 0 saturated heterocycles. The van der Waals surface area contributed by atoms with E-state index in [-0.39, 0.29) is 6.61 Å². The fourth-order valence-corrected chi connectivity index (χ4v) is 2.46. The summed E-state index contributed by atoms with van der Waals surface area (Å²) in [5.74, 6) is 0.997. The lowest BCUT2D eigenvalue weighted by Crippen LogP contribution is -2.00. The minimum absolute atomic E-state index is 0.141. The third-order valence-electron chi connectivity index (χ3n) is 2.91. The molecule has 0 radical (unpaired) electrons. The standard InChI is InChI=1S/C15H12Cl3NO3/c1-21-14-6-9(7-19-20)2-5-13(14)22-8-10-11(16)3-4-12(17)15(10)18/h2-7,20H,8H2,1H3. The van der Waals surface area contributed by atoms with Crippen molar-refractivity contribution in [2.24, 2.45) is 5.16 Å². The number of oxime groups is 1. The molecule has 0 atom stereocenters. The van der Waals surface area contributed by atoms with E-state index in [1.54, 1.807) is 30.3 Å². The van der Waals surface area contributed by atoms with Crippen LogP contribution in [0.5, 0.6) is 11.5 Å². The van der Waals surface area contributed by atoms with Gasteiger partial charge in [-0.05, 0) is 30.3 Å². The van der Waals surface area contributed by atoms with Crippen molar-refractivity contribution in [2.75, 3.05) is 7.11 Å². The number of benzene rings is 2. The van der Waals surface area contributed by atoms with E-state index >= 15 is 0 Å². The van der Waals surface area contributed by atoms with E-state index in [9.17, 15) is 0 Å². The summed E-state index contributed by atoms with van der Waals surface area (Å²) in [6.45, 7) is 0.141. The highest BCUT2D eigenvalue weighted by Crippen LogP contribution is 2.34. The molecule has 1 N–H and O–H groups in total. The molecule has 4 nitrogen and oxygen atoms in total. The average molecular weight is 361 g/mol. The first-order valence-electron chi connectivity index (χ1n) is 6.17. The van der Waals surface area contributed by atoms with Crippen LogP contribution in [-0.2, 0) is 6.61 Å². The van der Waals surface area contributed by atoms with Gasteiger partial charge in [0.1, 0.15) is 6.61 Å². The van der Waals surface area contributed by atoms with Gasteiger partial charge in [-0.25, -0.2) is 0 Å². The number of methoxy groups -OCH3 is 1. The fraction of sp³-hybridized carbons (Fsp3) is 0.133. The van der Waals surface area contributed by atoms with Gasteiger partial charge >= 0.3 is 0 Å². The molecular formula is C15H12Cl3NO3. The lowest BCUT2D eigenvalue weighted by Gasteiger charge is -2.13. The van der Waals surface area contributed by atoms with Gasteiger partial charge in [0.15, 0.2) is 11.5 Å². The molecule has 0 spiro atoms. The van der Waals surface area contributed by atoms with Crippen LogP contribution in [-0.4, -0.2) is 18.5 Å². The van der Waals surface area contributed by atoms with E-state index in [1.807, 2.05) is 0 Å². The van der Waals surface area contributed by atoms with Crippen molar-refractivity contribution in [3.05, 3.63) is 56.5 Å². The molecule has 0 aliphatic carbocycles. The van der Waals surface area contributed by atoms with Gasteiger partial charge in [0, 0.05) is 16.1 Å². The van der Waals surface area contributed by atoms with Gasteiger partial charge in [0.05, 0.1) is 23.4 Å². The van der Waals surface area contributed by atoms with Crippen LogP contribution in [0.3, 0.4) is 0 Å². The van der Waals surface area contributed by atoms with Crippen molar-refractivity contribution in [2.45, 2.75) is 6.61 Å². The summed E-state index contributed by atoms with van der Waals surface area (Å²) in [5.41, 5.74) is 1.27. The monoisotopic (exact) mass is 359 g/mol. The lowest BCUT2D eigenvalue weighted by molar-refractivity contribution is 0.284. The van der Waals surface area contributed by atoms with E-state index < -0.39 is 0 Å². The number of hydrogen-bond donors (Lipinski definition) is 1. The minimum Gasteiger partial charge on any atom is -0.493 e. The maximum atomic E-state index is 8.55. The molecule has 7 heteroatoms. The van der Waals surface area contributed by atoms with Crippen molar-refractivity contribution in [1.29, 1.82) is 0 Å². The van der Waals surface area contributed by atoms with Gasteiger partial charge in [-0.15, -0.1) is 0 Å². The maximum absolute atomic E-state index is 8.55. The third-order valence-corrected chi connectivity index (χ3v) is 4.10. The summed E-state index contributed by atoms with van der Waals surface area (Å²) < 4.78 is 10.9. The predicted molar refractivity (Wildman–Crippen MR) is 88.2 cm³/mol. The second-order valence-corrected chi connectivity index (χ2v) is 5.46. The van der Waals surface area contributed by atoms with Crippen LogP contribution in [0.4, 0.5) is 0 Å². The Morgan fingerprint density at radius 2 is 1.82 bits per heavy atom. The van der Waals surface area contributed by atoms with Gasteiger partial charge in [-0.1, -0.05) is 40.0 Å². The molecule has 0 saturated carbocycles. The van der Waals surface area contributed by atoms with Gasteiger partial charge in [0.25, 0.3) is 0 Å². The van der Waals surface area contributed by atoms with Gasteiger partial charge < -0.3 is 14.7 Å². The molecule has 0 heterocycles. The van der Waals surface area contributed by atoms with E-state index in [4.69, 9.17) is 49.5 Å². The van der Waals surface area contributed by atoms with Crippen LogP contribution >= 0.6 is 34.8 Å². The minimum atomic E-state index is 0.141. The van der Waals surface area contributed by atoms with E-state index in [2.05, 4.69) is 5.16 Å². The second-order valence-electron chi connectivity index (χ2n) is 4.27. The van der Waals surface area contributed by atoms with Crippen LogP contribution in [0.25, 0.3) is 0 Å². The van der Waals surface area contributed by atoms with Gasteiger partial charge in [0.2, 0.25) is 0 Å². The highest BCUT2D eigenvalue weighted by Gasteiger charge is 2.12. The summed E-state index contributed by atoms with van der Waals surface area (Å²) >= 11 is 18.2. The zero-order chi connectivity index (χ0) is 16.1. The van der Waals surface area contributed by atoms with Crippen LogP contribution in [0, 0.1) is 0 Å². The summed E-state index contributed by atoms with van der Waals surface area (Å²) in [5, 5.41) is 12.8. The van der Waals surface area contributed by atoms with Crippen LogP contribution in [0.1, 0.15) is 11.1 Å². The van der Waals surface area contributed by atoms with E-state index in [0.717, 1.165) is 0 Å². The van der Waals surface area contributed by atoms with Crippen molar-refractivity contribution in [1.82, 2.24) is 0 Å². The largest absolute Gasteiger partial charge is 0.493 e. The fourth-order valence-electron chi connectivity index (χ4n) is 1.80. The molecule has 0 aliphatic rings. The molecule has 0 unspecified atom stereocenters. The average Bonchev–Trinajstić information content (AvgIpc) is 2.52. The molecule has 0 aromatic heterocycles. The quantitative estimate of drug-likeness (QED) is 0.351. The molecule has 0 bridgehead atoms. The van der Waals surface area contributed by atoms with Crippen LogP contribution in [0.15, 0.2) is 35.5 Å². The Balaban J connectivity index is 2.23. The Bertz CT molecular complexity index is 705. The molecular weight excluding hydrogens is 349 g/mol. The summed E-state index contributed by atoms with van der Waals surface area (Å²) in [6.07, 6.45) is 1.29. The van der Waals surface area contributed by atoms with Gasteiger partial charge in [-0.2, -0.15) is 0 Å². The highest BCUT2D eigenvalue weighted by atomic mass is 35.5. The van der Waals surface area contributed by atoms with Crippen LogP contribution < -0.4 is 9.47 Å². The molecule has 0 aliphatic heterocycles. The molecule has 2 rings (SSSR count).